The summed E-state index contributed by atoms with van der Waals surface area (Å²) in [7, 11) is 0. The Bertz CT molecular complexity index is 503. The monoisotopic (exact) mass is 246 g/mol. The number of nitrogens with zero attached hydrogens (tertiary/aromatic N) is 2. The molecule has 94 valence electrons. The van der Waals surface area contributed by atoms with Crippen LogP contribution in [0.3, 0.4) is 0 Å². The number of aryl methyl sites for hydroxylation is 1. The molecule has 0 saturated heterocycles. The molecule has 0 spiro atoms. The first kappa shape index (κ1) is 12.6. The zero-order valence-electron chi connectivity index (χ0n) is 10.3. The van der Waals surface area contributed by atoms with Crippen LogP contribution in [0, 0.1) is 24.1 Å². The fourth-order valence-electron chi connectivity index (χ4n) is 1.95. The van der Waals surface area contributed by atoms with Gasteiger partial charge in [-0.3, -0.25) is 4.79 Å². The van der Waals surface area contributed by atoms with Crippen LogP contribution in [0.4, 0.5) is 4.39 Å². The van der Waals surface area contributed by atoms with Crippen LogP contribution in [0.5, 0.6) is 0 Å². The van der Waals surface area contributed by atoms with E-state index in [1.54, 1.807) is 17.9 Å². The van der Waals surface area contributed by atoms with Crippen LogP contribution in [-0.4, -0.2) is 23.4 Å². The molecule has 18 heavy (non-hydrogen) atoms. The van der Waals surface area contributed by atoms with Gasteiger partial charge in [0.1, 0.15) is 5.82 Å². The Balaban J connectivity index is 2.19. The van der Waals surface area contributed by atoms with Gasteiger partial charge in [0.05, 0.1) is 18.1 Å². The van der Waals surface area contributed by atoms with Gasteiger partial charge < -0.3 is 4.90 Å². The first-order chi connectivity index (χ1) is 8.63. The smallest absolute Gasteiger partial charge is 0.257 e. The first-order valence-corrected chi connectivity index (χ1v) is 6.07. The summed E-state index contributed by atoms with van der Waals surface area (Å²) in [6.45, 7) is 2.17. The molecule has 1 aromatic carbocycles. The van der Waals surface area contributed by atoms with E-state index in [1.165, 1.54) is 12.1 Å². The van der Waals surface area contributed by atoms with Crippen molar-refractivity contribution >= 4 is 5.91 Å². The first-order valence-electron chi connectivity index (χ1n) is 6.07. The average molecular weight is 246 g/mol. The molecule has 1 fully saturated rings. The number of amides is 1. The van der Waals surface area contributed by atoms with Crippen molar-refractivity contribution in [1.29, 1.82) is 5.26 Å². The highest BCUT2D eigenvalue weighted by atomic mass is 19.1. The van der Waals surface area contributed by atoms with Crippen LogP contribution >= 0.6 is 0 Å². The molecule has 1 aromatic rings. The molecule has 4 heteroatoms. The van der Waals surface area contributed by atoms with Gasteiger partial charge in [-0.15, -0.1) is 0 Å². The van der Waals surface area contributed by atoms with E-state index >= 15 is 0 Å². The van der Waals surface area contributed by atoms with Crippen LogP contribution in [0.1, 0.15) is 35.2 Å². The molecule has 1 aliphatic rings. The van der Waals surface area contributed by atoms with Crippen LogP contribution < -0.4 is 0 Å². The maximum Gasteiger partial charge on any atom is 0.257 e. The predicted molar refractivity (Wildman–Crippen MR) is 65.4 cm³/mol. The average Bonchev–Trinajstić information content (AvgIpc) is 3.13. The summed E-state index contributed by atoms with van der Waals surface area (Å²) in [5.41, 5.74) is 0.893. The standard InChI is InChI=1S/C14H15FN2O/c1-10-3-6-12(13(15)9-10)14(18)17(8-2-7-16)11-4-5-11/h3,6,9,11H,2,4-5,8H2,1H3. The number of hydrogen-bond donors (Lipinski definition) is 0. The highest BCUT2D eigenvalue weighted by Crippen LogP contribution is 2.28. The fourth-order valence-corrected chi connectivity index (χ4v) is 1.95. The van der Waals surface area contributed by atoms with Gasteiger partial charge in [0, 0.05) is 12.6 Å². The van der Waals surface area contributed by atoms with Crippen molar-refractivity contribution in [2.24, 2.45) is 0 Å². The molecule has 0 N–H and O–H groups in total. The van der Waals surface area contributed by atoms with E-state index in [1.807, 2.05) is 6.07 Å². The zero-order chi connectivity index (χ0) is 13.1. The van der Waals surface area contributed by atoms with Crippen LogP contribution in [-0.2, 0) is 0 Å². The molecule has 2 rings (SSSR count). The number of benzene rings is 1. The van der Waals surface area contributed by atoms with Gasteiger partial charge in [-0.1, -0.05) is 6.07 Å². The molecule has 0 radical (unpaired) electrons. The van der Waals surface area contributed by atoms with Crippen molar-refractivity contribution in [3.8, 4) is 6.07 Å². The zero-order valence-corrected chi connectivity index (χ0v) is 10.3. The summed E-state index contributed by atoms with van der Waals surface area (Å²) >= 11 is 0. The molecule has 0 atom stereocenters. The minimum absolute atomic E-state index is 0.102. The Morgan fingerprint density at radius 2 is 2.28 bits per heavy atom. The minimum atomic E-state index is -0.484. The highest BCUT2D eigenvalue weighted by Gasteiger charge is 2.33. The lowest BCUT2D eigenvalue weighted by molar-refractivity contribution is 0.0742. The Kier molecular flexibility index (Phi) is 3.61. The van der Waals surface area contributed by atoms with E-state index in [2.05, 4.69) is 0 Å². The number of rotatable bonds is 4. The summed E-state index contributed by atoms with van der Waals surface area (Å²) in [4.78, 5) is 13.9. The maximum absolute atomic E-state index is 13.8. The van der Waals surface area contributed by atoms with Crippen molar-refractivity contribution in [2.75, 3.05) is 6.54 Å². The molecule has 1 amide bonds. The Morgan fingerprint density at radius 3 is 2.83 bits per heavy atom. The second-order valence-electron chi connectivity index (χ2n) is 4.62. The number of carbonyl (C=O) groups excluding carboxylic acids is 1. The van der Waals surface area contributed by atoms with Crippen molar-refractivity contribution < 1.29 is 9.18 Å². The van der Waals surface area contributed by atoms with Crippen molar-refractivity contribution in [2.45, 2.75) is 32.2 Å². The van der Waals surface area contributed by atoms with Crippen molar-refractivity contribution in [3.05, 3.63) is 35.1 Å². The lowest BCUT2D eigenvalue weighted by Crippen LogP contribution is -2.34. The Labute approximate surface area is 106 Å². The topological polar surface area (TPSA) is 44.1 Å². The van der Waals surface area contributed by atoms with Crippen LogP contribution in [0.2, 0.25) is 0 Å². The van der Waals surface area contributed by atoms with Gasteiger partial charge >= 0.3 is 0 Å². The summed E-state index contributed by atoms with van der Waals surface area (Å²) in [5.74, 6) is -0.784. The molecular weight excluding hydrogens is 231 g/mol. The van der Waals surface area contributed by atoms with Gasteiger partial charge in [-0.05, 0) is 37.5 Å². The summed E-state index contributed by atoms with van der Waals surface area (Å²) in [6, 6.07) is 6.82. The predicted octanol–water partition coefficient (Wildman–Crippen LogP) is 2.65. The summed E-state index contributed by atoms with van der Waals surface area (Å²) < 4.78 is 13.8. The van der Waals surface area contributed by atoms with E-state index in [-0.39, 0.29) is 23.9 Å². The molecule has 0 unspecified atom stereocenters. The maximum atomic E-state index is 13.8. The summed E-state index contributed by atoms with van der Waals surface area (Å²) in [5, 5.41) is 8.60. The Morgan fingerprint density at radius 1 is 1.56 bits per heavy atom. The van der Waals surface area contributed by atoms with Crippen LogP contribution in [0.25, 0.3) is 0 Å². The lowest BCUT2D eigenvalue weighted by atomic mass is 10.1. The van der Waals surface area contributed by atoms with Crippen molar-refractivity contribution in [1.82, 2.24) is 4.90 Å². The van der Waals surface area contributed by atoms with E-state index < -0.39 is 5.82 Å². The van der Waals surface area contributed by atoms with Crippen molar-refractivity contribution in [3.63, 3.8) is 0 Å². The Hall–Kier alpha value is -1.89. The molecule has 3 nitrogen and oxygen atoms in total. The number of hydrogen-bond acceptors (Lipinski definition) is 2. The molecular formula is C14H15FN2O. The number of halogens is 1. The molecule has 0 aliphatic heterocycles. The molecule has 0 bridgehead atoms. The van der Waals surface area contributed by atoms with E-state index in [0.717, 1.165) is 18.4 Å². The molecule has 0 heterocycles. The van der Waals surface area contributed by atoms with E-state index in [4.69, 9.17) is 5.26 Å². The molecule has 1 saturated carbocycles. The quantitative estimate of drug-likeness (QED) is 0.819. The largest absolute Gasteiger partial charge is 0.335 e. The SMILES string of the molecule is Cc1ccc(C(=O)N(CCC#N)C2CC2)c(F)c1. The third-order valence-corrected chi connectivity index (χ3v) is 3.07. The van der Waals surface area contributed by atoms with E-state index in [0.29, 0.717) is 6.54 Å². The minimum Gasteiger partial charge on any atom is -0.335 e. The van der Waals surface area contributed by atoms with Gasteiger partial charge in [0.15, 0.2) is 0 Å². The number of nitriles is 1. The summed E-state index contributed by atoms with van der Waals surface area (Å²) in [6.07, 6.45) is 2.19. The van der Waals surface area contributed by atoms with Gasteiger partial charge in [0.25, 0.3) is 5.91 Å². The third-order valence-electron chi connectivity index (χ3n) is 3.07. The number of carbonyl (C=O) groups is 1. The second-order valence-corrected chi connectivity index (χ2v) is 4.62. The van der Waals surface area contributed by atoms with Gasteiger partial charge in [-0.25, -0.2) is 4.39 Å². The molecule has 0 aromatic heterocycles. The van der Waals surface area contributed by atoms with Gasteiger partial charge in [-0.2, -0.15) is 5.26 Å². The molecule has 1 aliphatic carbocycles. The lowest BCUT2D eigenvalue weighted by Gasteiger charge is -2.21. The van der Waals surface area contributed by atoms with E-state index in [9.17, 15) is 9.18 Å². The highest BCUT2D eigenvalue weighted by molar-refractivity contribution is 5.95. The van der Waals surface area contributed by atoms with Gasteiger partial charge in [0.2, 0.25) is 0 Å². The third kappa shape index (κ3) is 2.67. The van der Waals surface area contributed by atoms with Crippen LogP contribution in [0.15, 0.2) is 18.2 Å². The fraction of sp³-hybridized carbons (Fsp3) is 0.429. The normalized spacial score (nSPS) is 14.1. The second kappa shape index (κ2) is 5.18.